The van der Waals surface area contributed by atoms with E-state index in [0.717, 1.165) is 0 Å². The minimum Gasteiger partial charge on any atom is -0.388 e. The van der Waals surface area contributed by atoms with Gasteiger partial charge in [0.05, 0.1) is 5.92 Å². The number of hydrogen-bond donors (Lipinski definition) is 1. The molecule has 0 aromatic carbocycles. The van der Waals surface area contributed by atoms with Crippen molar-refractivity contribution in [3.8, 4) is 0 Å². The molecule has 114 valence electrons. The van der Waals surface area contributed by atoms with E-state index in [1.54, 1.807) is 4.57 Å². The lowest BCUT2D eigenvalue weighted by Gasteiger charge is -2.30. The largest absolute Gasteiger partial charge is 0.391 e. The topological polar surface area (TPSA) is 50.9 Å². The summed E-state index contributed by atoms with van der Waals surface area (Å²) < 4.78 is 40.4. The molecule has 1 aromatic heterocycles. The second kappa shape index (κ2) is 5.71. The average Bonchev–Trinajstić information content (AvgIpc) is 2.81. The van der Waals surface area contributed by atoms with E-state index >= 15 is 0 Å². The molecule has 2 unspecified atom stereocenters. The number of alkyl halides is 3. The summed E-state index contributed by atoms with van der Waals surface area (Å²) in [4.78, 5) is 0. The van der Waals surface area contributed by atoms with Gasteiger partial charge in [-0.15, -0.1) is 10.2 Å². The van der Waals surface area contributed by atoms with Crippen LogP contribution in [0.15, 0.2) is 0 Å². The fourth-order valence-electron chi connectivity index (χ4n) is 3.01. The zero-order valence-electron chi connectivity index (χ0n) is 11.7. The van der Waals surface area contributed by atoms with E-state index in [-0.39, 0.29) is 31.4 Å². The third-order valence-electron chi connectivity index (χ3n) is 3.95. The minimum absolute atomic E-state index is 0.0217. The lowest BCUT2D eigenvalue weighted by molar-refractivity contribution is -0.183. The van der Waals surface area contributed by atoms with E-state index in [0.29, 0.717) is 24.5 Å². The van der Waals surface area contributed by atoms with Crippen LogP contribution in [0.4, 0.5) is 13.2 Å². The van der Waals surface area contributed by atoms with E-state index in [2.05, 4.69) is 10.2 Å². The molecule has 2 atom stereocenters. The van der Waals surface area contributed by atoms with Crippen molar-refractivity contribution >= 4 is 0 Å². The maximum Gasteiger partial charge on any atom is 0.391 e. The fourth-order valence-corrected chi connectivity index (χ4v) is 3.01. The first-order valence-corrected chi connectivity index (χ1v) is 6.95. The Bertz CT molecular complexity index is 456. The summed E-state index contributed by atoms with van der Waals surface area (Å²) >= 11 is 0. The van der Waals surface area contributed by atoms with Gasteiger partial charge in [-0.1, -0.05) is 6.42 Å². The summed E-state index contributed by atoms with van der Waals surface area (Å²) in [7, 11) is 0. The normalized spacial score (nSPS) is 24.4. The Hall–Kier alpha value is -1.11. The predicted molar refractivity (Wildman–Crippen MR) is 67.1 cm³/mol. The molecule has 4 nitrogen and oxygen atoms in total. The molecule has 1 aliphatic rings. The zero-order chi connectivity index (χ0) is 14.9. The van der Waals surface area contributed by atoms with Crippen molar-refractivity contribution in [2.24, 2.45) is 5.92 Å². The van der Waals surface area contributed by atoms with E-state index in [4.69, 9.17) is 0 Å². The standard InChI is InChI=1S/C13H20F3N3O/c1-8(2)19-11(7-20)17-18-12(19)9-4-3-5-10(6-9)13(14,15)16/h8-10,20H,3-7H2,1-2H3. The number of hydrogen-bond acceptors (Lipinski definition) is 3. The van der Waals surface area contributed by atoms with Crippen molar-refractivity contribution in [3.63, 3.8) is 0 Å². The highest BCUT2D eigenvalue weighted by Crippen LogP contribution is 2.43. The summed E-state index contributed by atoms with van der Waals surface area (Å²) in [6.07, 6.45) is -2.62. The van der Waals surface area contributed by atoms with Crippen molar-refractivity contribution < 1.29 is 18.3 Å². The third-order valence-corrected chi connectivity index (χ3v) is 3.95. The van der Waals surface area contributed by atoms with Crippen LogP contribution in [0, 0.1) is 5.92 Å². The van der Waals surface area contributed by atoms with Gasteiger partial charge in [-0.2, -0.15) is 13.2 Å². The molecule has 0 aliphatic heterocycles. The van der Waals surface area contributed by atoms with Gasteiger partial charge in [0.1, 0.15) is 12.4 Å². The molecule has 0 spiro atoms. The van der Waals surface area contributed by atoms with Gasteiger partial charge in [0.25, 0.3) is 0 Å². The summed E-state index contributed by atoms with van der Waals surface area (Å²) in [5, 5.41) is 17.2. The van der Waals surface area contributed by atoms with Crippen LogP contribution in [-0.2, 0) is 6.61 Å². The van der Waals surface area contributed by atoms with Crippen molar-refractivity contribution in [1.82, 2.24) is 14.8 Å². The quantitative estimate of drug-likeness (QED) is 0.930. The van der Waals surface area contributed by atoms with Crippen LogP contribution in [-0.4, -0.2) is 26.0 Å². The third kappa shape index (κ3) is 2.97. The van der Waals surface area contributed by atoms with Crippen molar-refractivity contribution in [2.75, 3.05) is 0 Å². The van der Waals surface area contributed by atoms with Gasteiger partial charge < -0.3 is 9.67 Å². The molecule has 1 aliphatic carbocycles. The number of nitrogens with zero attached hydrogens (tertiary/aromatic N) is 3. The van der Waals surface area contributed by atoms with Crippen LogP contribution in [0.1, 0.15) is 63.1 Å². The summed E-state index contributed by atoms with van der Waals surface area (Å²) in [5.41, 5.74) is 0. The Morgan fingerprint density at radius 2 is 2.00 bits per heavy atom. The summed E-state index contributed by atoms with van der Waals surface area (Å²) in [6.45, 7) is 3.58. The van der Waals surface area contributed by atoms with Crippen molar-refractivity contribution in [1.29, 1.82) is 0 Å². The van der Waals surface area contributed by atoms with Crippen LogP contribution < -0.4 is 0 Å². The minimum atomic E-state index is -4.14. The highest BCUT2D eigenvalue weighted by atomic mass is 19.4. The average molecular weight is 291 g/mol. The maximum atomic E-state index is 12.9. The van der Waals surface area contributed by atoms with Crippen LogP contribution in [0.2, 0.25) is 0 Å². The Kier molecular flexibility index (Phi) is 4.36. The van der Waals surface area contributed by atoms with Gasteiger partial charge in [-0.3, -0.25) is 0 Å². The Balaban J connectivity index is 2.25. The first kappa shape index (κ1) is 15.3. The molecular weight excluding hydrogens is 271 g/mol. The molecule has 0 amide bonds. The molecule has 1 fully saturated rings. The van der Waals surface area contributed by atoms with Gasteiger partial charge in [-0.05, 0) is 33.1 Å². The molecule has 0 bridgehead atoms. The fraction of sp³-hybridized carbons (Fsp3) is 0.846. The number of aliphatic hydroxyl groups is 1. The monoisotopic (exact) mass is 291 g/mol. The van der Waals surface area contributed by atoms with Crippen molar-refractivity contribution in [3.05, 3.63) is 11.6 Å². The van der Waals surface area contributed by atoms with Crippen LogP contribution in [0.3, 0.4) is 0 Å². The zero-order valence-corrected chi connectivity index (χ0v) is 11.7. The van der Waals surface area contributed by atoms with Crippen LogP contribution in [0.25, 0.3) is 0 Å². The smallest absolute Gasteiger partial charge is 0.388 e. The Morgan fingerprint density at radius 1 is 1.30 bits per heavy atom. The Morgan fingerprint density at radius 3 is 2.55 bits per heavy atom. The molecule has 1 saturated carbocycles. The van der Waals surface area contributed by atoms with Crippen LogP contribution >= 0.6 is 0 Å². The number of aliphatic hydroxyl groups excluding tert-OH is 1. The SMILES string of the molecule is CC(C)n1c(CO)nnc1C1CCCC(C(F)(F)F)C1. The van der Waals surface area contributed by atoms with E-state index < -0.39 is 12.1 Å². The van der Waals surface area contributed by atoms with Gasteiger partial charge >= 0.3 is 6.18 Å². The van der Waals surface area contributed by atoms with E-state index in [9.17, 15) is 18.3 Å². The number of rotatable bonds is 3. The molecule has 0 saturated heterocycles. The lowest BCUT2D eigenvalue weighted by atomic mass is 9.80. The summed E-state index contributed by atoms with van der Waals surface area (Å²) in [6, 6.07) is 0.0217. The molecule has 1 heterocycles. The molecule has 0 radical (unpaired) electrons. The Labute approximate surface area is 116 Å². The number of halogens is 3. The predicted octanol–water partition coefficient (Wildman–Crippen LogP) is 3.19. The lowest BCUT2D eigenvalue weighted by Crippen LogP contribution is -2.29. The van der Waals surface area contributed by atoms with Gasteiger partial charge in [0, 0.05) is 12.0 Å². The first-order valence-electron chi connectivity index (χ1n) is 6.95. The van der Waals surface area contributed by atoms with E-state index in [1.165, 1.54) is 0 Å². The molecule has 1 N–H and O–H groups in total. The van der Waals surface area contributed by atoms with Crippen molar-refractivity contribution in [2.45, 2.75) is 64.3 Å². The molecule has 20 heavy (non-hydrogen) atoms. The molecule has 2 rings (SSSR count). The summed E-state index contributed by atoms with van der Waals surface area (Å²) in [5.74, 6) is -0.483. The molecular formula is C13H20F3N3O. The molecule has 1 aromatic rings. The van der Waals surface area contributed by atoms with Gasteiger partial charge in [0.2, 0.25) is 0 Å². The molecule has 7 heteroatoms. The van der Waals surface area contributed by atoms with Gasteiger partial charge in [-0.25, -0.2) is 0 Å². The van der Waals surface area contributed by atoms with E-state index in [1.807, 2.05) is 13.8 Å². The van der Waals surface area contributed by atoms with Crippen LogP contribution in [0.5, 0.6) is 0 Å². The second-order valence-corrected chi connectivity index (χ2v) is 5.70. The first-order chi connectivity index (χ1) is 9.34. The second-order valence-electron chi connectivity index (χ2n) is 5.70. The maximum absolute atomic E-state index is 12.9. The highest BCUT2D eigenvalue weighted by molar-refractivity contribution is 5.05. The highest BCUT2D eigenvalue weighted by Gasteiger charge is 2.43. The number of aromatic nitrogens is 3. The van der Waals surface area contributed by atoms with Gasteiger partial charge in [0.15, 0.2) is 5.82 Å².